The highest BCUT2D eigenvalue weighted by atomic mass is 16.5. The van der Waals surface area contributed by atoms with Crippen LogP contribution in [0.3, 0.4) is 0 Å². The number of ether oxygens (including phenoxy) is 1. The van der Waals surface area contributed by atoms with Crippen molar-refractivity contribution in [1.29, 1.82) is 0 Å². The van der Waals surface area contributed by atoms with Gasteiger partial charge in [0.1, 0.15) is 17.8 Å². The molecule has 0 bridgehead atoms. The Morgan fingerprint density at radius 3 is 2.65 bits per heavy atom. The molecule has 2 aromatic carbocycles. The van der Waals surface area contributed by atoms with Gasteiger partial charge in [0.25, 0.3) is 0 Å². The van der Waals surface area contributed by atoms with E-state index in [4.69, 9.17) is 13.6 Å². The quantitative estimate of drug-likeness (QED) is 0.402. The van der Waals surface area contributed by atoms with Crippen LogP contribution in [0.4, 0.5) is 0 Å². The lowest BCUT2D eigenvalue weighted by Gasteiger charge is -2.09. The smallest absolute Gasteiger partial charge is 0.374 e. The second kappa shape index (κ2) is 6.19. The second-order valence-electron chi connectivity index (χ2n) is 6.20. The lowest BCUT2D eigenvalue weighted by atomic mass is 10.0. The molecule has 0 aliphatic rings. The van der Waals surface area contributed by atoms with Crippen LogP contribution in [-0.4, -0.2) is 5.97 Å². The summed E-state index contributed by atoms with van der Waals surface area (Å²) >= 11 is 0. The summed E-state index contributed by atoms with van der Waals surface area (Å²) in [4.78, 5) is 24.2. The van der Waals surface area contributed by atoms with Gasteiger partial charge in [-0.05, 0) is 37.1 Å². The number of fused-ring (bicyclic) bond motifs is 2. The number of furan rings is 1. The number of esters is 1. The average Bonchev–Trinajstić information content (AvgIpc) is 3.07. The Hall–Kier alpha value is -3.34. The molecule has 0 aliphatic heterocycles. The molecule has 0 saturated heterocycles. The van der Waals surface area contributed by atoms with E-state index in [0.29, 0.717) is 16.7 Å². The number of hydrogen-bond donors (Lipinski definition) is 0. The maximum atomic E-state index is 12.3. The third-order valence-electron chi connectivity index (χ3n) is 4.50. The van der Waals surface area contributed by atoms with Gasteiger partial charge in [-0.15, -0.1) is 0 Å². The Bertz CT molecular complexity index is 1160. The first-order chi connectivity index (χ1) is 12.5. The van der Waals surface area contributed by atoms with Crippen LogP contribution in [0.1, 0.15) is 27.2 Å². The largest absolute Gasteiger partial charge is 0.455 e. The zero-order valence-electron chi connectivity index (χ0n) is 14.4. The number of hydrogen-bond acceptors (Lipinski definition) is 5. The molecule has 2 heterocycles. The minimum absolute atomic E-state index is 0.0412. The number of benzene rings is 2. The van der Waals surface area contributed by atoms with E-state index in [0.717, 1.165) is 21.9 Å². The van der Waals surface area contributed by atoms with Gasteiger partial charge in [-0.3, -0.25) is 0 Å². The summed E-state index contributed by atoms with van der Waals surface area (Å²) in [6, 6.07) is 14.1. The van der Waals surface area contributed by atoms with Gasteiger partial charge in [-0.25, -0.2) is 9.59 Å². The fourth-order valence-electron chi connectivity index (χ4n) is 2.94. The van der Waals surface area contributed by atoms with E-state index < -0.39 is 11.6 Å². The predicted octanol–water partition coefficient (Wildman–Crippen LogP) is 4.51. The van der Waals surface area contributed by atoms with E-state index >= 15 is 0 Å². The number of aryl methyl sites for hydroxylation is 2. The molecule has 0 radical (unpaired) electrons. The predicted molar refractivity (Wildman–Crippen MR) is 97.3 cm³/mol. The molecule has 0 unspecified atom stereocenters. The number of rotatable bonds is 3. The topological polar surface area (TPSA) is 69.7 Å². The van der Waals surface area contributed by atoms with Crippen LogP contribution in [0, 0.1) is 13.8 Å². The van der Waals surface area contributed by atoms with E-state index in [1.165, 1.54) is 6.07 Å². The van der Waals surface area contributed by atoms with Crippen molar-refractivity contribution in [3.8, 4) is 0 Å². The lowest BCUT2D eigenvalue weighted by molar-refractivity contribution is 0.0440. The summed E-state index contributed by atoms with van der Waals surface area (Å²) in [7, 11) is 0. The molecule has 4 aromatic rings. The molecule has 0 spiro atoms. The monoisotopic (exact) mass is 348 g/mol. The molecule has 5 heteroatoms. The van der Waals surface area contributed by atoms with Crippen LogP contribution in [0.2, 0.25) is 0 Å². The zero-order chi connectivity index (χ0) is 18.3. The lowest BCUT2D eigenvalue weighted by Crippen LogP contribution is -2.07. The van der Waals surface area contributed by atoms with Crippen molar-refractivity contribution < 1.29 is 18.4 Å². The van der Waals surface area contributed by atoms with Crippen molar-refractivity contribution in [3.63, 3.8) is 0 Å². The van der Waals surface area contributed by atoms with E-state index in [9.17, 15) is 9.59 Å². The zero-order valence-corrected chi connectivity index (χ0v) is 14.4. The molecule has 2 aromatic heterocycles. The van der Waals surface area contributed by atoms with Gasteiger partial charge in [0.15, 0.2) is 0 Å². The highest BCUT2D eigenvalue weighted by Crippen LogP contribution is 2.24. The highest BCUT2D eigenvalue weighted by molar-refractivity contribution is 5.92. The fraction of sp³-hybridized carbons (Fsp3) is 0.143. The van der Waals surface area contributed by atoms with Crippen molar-refractivity contribution in [1.82, 2.24) is 0 Å². The summed E-state index contributed by atoms with van der Waals surface area (Å²) in [6.45, 7) is 3.80. The van der Waals surface area contributed by atoms with Gasteiger partial charge in [-0.1, -0.05) is 30.3 Å². The first-order valence-electron chi connectivity index (χ1n) is 8.21. The van der Waals surface area contributed by atoms with Crippen molar-refractivity contribution in [2.45, 2.75) is 20.5 Å². The SMILES string of the molecule is Cc1ccc2c(COC(=O)c3cc4ccccc4o3)cc(=O)oc2c1C. The Labute approximate surface area is 148 Å². The Balaban J connectivity index is 1.64. The normalized spacial score (nSPS) is 11.2. The molecule has 0 N–H and O–H groups in total. The Morgan fingerprint density at radius 2 is 1.85 bits per heavy atom. The third-order valence-corrected chi connectivity index (χ3v) is 4.50. The fourth-order valence-corrected chi connectivity index (χ4v) is 2.94. The summed E-state index contributed by atoms with van der Waals surface area (Å²) in [5.41, 5.74) is 3.19. The molecule has 130 valence electrons. The van der Waals surface area contributed by atoms with Gasteiger partial charge < -0.3 is 13.6 Å². The van der Waals surface area contributed by atoms with Crippen LogP contribution in [0.25, 0.3) is 21.9 Å². The highest BCUT2D eigenvalue weighted by Gasteiger charge is 2.16. The second-order valence-corrected chi connectivity index (χ2v) is 6.20. The molecule has 4 rings (SSSR count). The Morgan fingerprint density at radius 1 is 1.04 bits per heavy atom. The molecule has 0 aliphatic carbocycles. The molecule has 0 atom stereocenters. The maximum absolute atomic E-state index is 12.3. The van der Waals surface area contributed by atoms with Crippen LogP contribution in [0.15, 0.2) is 62.2 Å². The minimum atomic E-state index is -0.577. The van der Waals surface area contributed by atoms with E-state index in [-0.39, 0.29) is 12.4 Å². The first kappa shape index (κ1) is 16.1. The molecule has 0 amide bonds. The third kappa shape index (κ3) is 2.77. The summed E-state index contributed by atoms with van der Waals surface area (Å²) < 4.78 is 16.2. The van der Waals surface area contributed by atoms with Crippen LogP contribution in [0.5, 0.6) is 0 Å². The van der Waals surface area contributed by atoms with E-state index in [1.54, 1.807) is 12.1 Å². The molecule has 26 heavy (non-hydrogen) atoms. The molecular weight excluding hydrogens is 332 g/mol. The van der Waals surface area contributed by atoms with Gasteiger partial charge in [0.05, 0.1) is 0 Å². The first-order valence-corrected chi connectivity index (χ1v) is 8.21. The van der Waals surface area contributed by atoms with Gasteiger partial charge in [-0.2, -0.15) is 0 Å². The molecule has 5 nitrogen and oxygen atoms in total. The standard InChI is InChI=1S/C21H16O5/c1-12-7-8-16-15(10-19(22)26-20(16)13(12)2)11-24-21(23)18-9-14-5-3-4-6-17(14)25-18/h3-10H,11H2,1-2H3. The van der Waals surface area contributed by atoms with Crippen LogP contribution in [-0.2, 0) is 11.3 Å². The van der Waals surface area contributed by atoms with E-state index in [2.05, 4.69) is 0 Å². The van der Waals surface area contributed by atoms with E-state index in [1.807, 2.05) is 44.2 Å². The van der Waals surface area contributed by atoms with Gasteiger partial charge in [0, 0.05) is 22.4 Å². The molecular formula is C21H16O5. The van der Waals surface area contributed by atoms with Gasteiger partial charge >= 0.3 is 11.6 Å². The minimum Gasteiger partial charge on any atom is -0.455 e. The average molecular weight is 348 g/mol. The number of para-hydroxylation sites is 1. The Kier molecular flexibility index (Phi) is 3.84. The summed E-state index contributed by atoms with van der Waals surface area (Å²) in [5, 5.41) is 1.58. The van der Waals surface area contributed by atoms with Crippen molar-refractivity contribution >= 4 is 27.9 Å². The number of carbonyl (C=O) groups is 1. The van der Waals surface area contributed by atoms with Crippen molar-refractivity contribution in [2.24, 2.45) is 0 Å². The van der Waals surface area contributed by atoms with Crippen molar-refractivity contribution in [2.75, 3.05) is 0 Å². The van der Waals surface area contributed by atoms with Crippen molar-refractivity contribution in [3.05, 3.63) is 81.4 Å². The van der Waals surface area contributed by atoms with Crippen LogP contribution < -0.4 is 5.63 Å². The molecule has 0 fully saturated rings. The summed E-state index contributed by atoms with van der Waals surface area (Å²) in [6.07, 6.45) is 0. The van der Waals surface area contributed by atoms with Crippen LogP contribution >= 0.6 is 0 Å². The molecule has 0 saturated carbocycles. The number of carbonyl (C=O) groups excluding carboxylic acids is 1. The van der Waals surface area contributed by atoms with Gasteiger partial charge in [0.2, 0.25) is 5.76 Å². The summed E-state index contributed by atoms with van der Waals surface area (Å²) in [5.74, 6) is -0.447. The maximum Gasteiger partial charge on any atom is 0.374 e.